The predicted molar refractivity (Wildman–Crippen MR) is 95.1 cm³/mol. The van der Waals surface area contributed by atoms with Crippen LogP contribution in [0.25, 0.3) is 0 Å². The third-order valence-corrected chi connectivity index (χ3v) is 4.09. The summed E-state index contributed by atoms with van der Waals surface area (Å²) in [7, 11) is 0. The summed E-state index contributed by atoms with van der Waals surface area (Å²) in [4.78, 5) is 32.5. The highest BCUT2D eigenvalue weighted by atomic mass is 16.6. The normalized spacial score (nSPS) is 14.1. The van der Waals surface area contributed by atoms with Gasteiger partial charge in [0.25, 0.3) is 5.69 Å². The van der Waals surface area contributed by atoms with Gasteiger partial charge in [-0.1, -0.05) is 6.92 Å². The van der Waals surface area contributed by atoms with E-state index in [2.05, 4.69) is 10.4 Å². The molecule has 12 heteroatoms. The van der Waals surface area contributed by atoms with Crippen molar-refractivity contribution in [1.82, 2.24) is 15.1 Å². The number of aliphatic hydroxyl groups excluding tert-OH is 2. The van der Waals surface area contributed by atoms with Crippen LogP contribution in [-0.2, 0) is 11.3 Å². The molecule has 150 valence electrons. The SMILES string of the molecule is CC(Cn1cc([N+](=O)[O-])cn1)C(=O)NC(CO)C(O)c1ccc([N+](=O)[O-])cc1. The highest BCUT2D eigenvalue weighted by molar-refractivity contribution is 5.78. The zero-order chi connectivity index (χ0) is 20.8. The molecule has 0 bridgehead atoms. The Hall–Kier alpha value is -3.38. The Bertz CT molecular complexity index is 851. The fraction of sp³-hybridized carbons (Fsp3) is 0.375. The Labute approximate surface area is 158 Å². The first kappa shape index (κ1) is 20.9. The van der Waals surface area contributed by atoms with Gasteiger partial charge in [-0.3, -0.25) is 29.7 Å². The number of nitrogens with one attached hydrogen (secondary N) is 1. The van der Waals surface area contributed by atoms with E-state index in [1.165, 1.54) is 35.1 Å². The molecule has 0 saturated heterocycles. The molecule has 0 aliphatic heterocycles. The third kappa shape index (κ3) is 5.08. The van der Waals surface area contributed by atoms with Gasteiger partial charge in [0.2, 0.25) is 5.91 Å². The van der Waals surface area contributed by atoms with E-state index in [1.807, 2.05) is 0 Å². The van der Waals surface area contributed by atoms with Crippen LogP contribution >= 0.6 is 0 Å². The number of nitro groups is 2. The van der Waals surface area contributed by atoms with Crippen molar-refractivity contribution in [3.63, 3.8) is 0 Å². The van der Waals surface area contributed by atoms with Gasteiger partial charge in [0, 0.05) is 12.1 Å². The molecule has 3 unspecified atom stereocenters. The van der Waals surface area contributed by atoms with E-state index in [-0.39, 0.29) is 17.9 Å². The molecule has 0 aliphatic rings. The van der Waals surface area contributed by atoms with E-state index in [0.29, 0.717) is 5.56 Å². The Morgan fingerprint density at radius 3 is 2.32 bits per heavy atom. The van der Waals surface area contributed by atoms with Crippen molar-refractivity contribution in [2.75, 3.05) is 6.61 Å². The average molecular weight is 393 g/mol. The van der Waals surface area contributed by atoms with Gasteiger partial charge in [-0.15, -0.1) is 0 Å². The zero-order valence-electron chi connectivity index (χ0n) is 14.8. The van der Waals surface area contributed by atoms with Crippen molar-refractivity contribution >= 4 is 17.3 Å². The molecule has 2 aromatic rings. The average Bonchev–Trinajstić information content (AvgIpc) is 3.14. The summed E-state index contributed by atoms with van der Waals surface area (Å²) in [5.74, 6) is -1.16. The quantitative estimate of drug-likeness (QED) is 0.409. The summed E-state index contributed by atoms with van der Waals surface area (Å²) in [6.07, 6.45) is 0.978. The molecule has 12 nitrogen and oxygen atoms in total. The van der Waals surface area contributed by atoms with Crippen molar-refractivity contribution in [1.29, 1.82) is 0 Å². The van der Waals surface area contributed by atoms with E-state index >= 15 is 0 Å². The van der Waals surface area contributed by atoms with Gasteiger partial charge in [-0.2, -0.15) is 5.10 Å². The van der Waals surface area contributed by atoms with Crippen LogP contribution in [0.1, 0.15) is 18.6 Å². The number of nitro benzene ring substituents is 1. The van der Waals surface area contributed by atoms with Crippen LogP contribution in [-0.4, -0.2) is 48.4 Å². The maximum absolute atomic E-state index is 12.3. The molecule has 2 rings (SSSR count). The molecule has 0 fully saturated rings. The predicted octanol–water partition coefficient (Wildman–Crippen LogP) is 0.546. The summed E-state index contributed by atoms with van der Waals surface area (Å²) in [5.41, 5.74) is -0.0581. The molecule has 1 aromatic carbocycles. The van der Waals surface area contributed by atoms with Gasteiger partial charge < -0.3 is 15.5 Å². The van der Waals surface area contributed by atoms with Crippen LogP contribution in [0.5, 0.6) is 0 Å². The lowest BCUT2D eigenvalue weighted by molar-refractivity contribution is -0.385. The first-order valence-corrected chi connectivity index (χ1v) is 8.23. The molecule has 1 heterocycles. The maximum atomic E-state index is 12.3. The number of nitrogens with zero attached hydrogens (tertiary/aromatic N) is 4. The first-order chi connectivity index (χ1) is 13.2. The molecule has 0 aliphatic carbocycles. The van der Waals surface area contributed by atoms with Crippen LogP contribution in [0.2, 0.25) is 0 Å². The zero-order valence-corrected chi connectivity index (χ0v) is 14.8. The van der Waals surface area contributed by atoms with E-state index in [0.717, 1.165) is 6.20 Å². The Morgan fingerprint density at radius 1 is 1.21 bits per heavy atom. The summed E-state index contributed by atoms with van der Waals surface area (Å²) in [5, 5.41) is 47.5. The Balaban J connectivity index is 2.00. The Kier molecular flexibility index (Phi) is 6.74. The second kappa shape index (κ2) is 9.01. The lowest BCUT2D eigenvalue weighted by Crippen LogP contribution is -2.44. The number of carbonyl (C=O) groups is 1. The van der Waals surface area contributed by atoms with Gasteiger partial charge in [0.05, 0.1) is 35.0 Å². The Morgan fingerprint density at radius 2 is 1.82 bits per heavy atom. The summed E-state index contributed by atoms with van der Waals surface area (Å²) in [6.45, 7) is 1.06. The van der Waals surface area contributed by atoms with Crippen molar-refractivity contribution in [2.24, 2.45) is 5.92 Å². The number of amides is 1. The molecular weight excluding hydrogens is 374 g/mol. The number of benzene rings is 1. The number of carbonyl (C=O) groups excluding carboxylic acids is 1. The number of hydrogen-bond donors (Lipinski definition) is 3. The summed E-state index contributed by atoms with van der Waals surface area (Å²) >= 11 is 0. The lowest BCUT2D eigenvalue weighted by atomic mass is 10.0. The fourth-order valence-electron chi connectivity index (χ4n) is 2.49. The van der Waals surface area contributed by atoms with E-state index in [4.69, 9.17) is 0 Å². The minimum atomic E-state index is -1.28. The summed E-state index contributed by atoms with van der Waals surface area (Å²) < 4.78 is 1.25. The second-order valence-corrected chi connectivity index (χ2v) is 6.17. The van der Waals surface area contributed by atoms with E-state index < -0.39 is 40.4 Å². The van der Waals surface area contributed by atoms with Crippen LogP contribution in [0, 0.1) is 26.1 Å². The van der Waals surface area contributed by atoms with Crippen molar-refractivity contribution in [3.05, 3.63) is 62.5 Å². The van der Waals surface area contributed by atoms with Crippen LogP contribution in [0.3, 0.4) is 0 Å². The molecule has 1 amide bonds. The molecule has 0 spiro atoms. The molecule has 3 atom stereocenters. The van der Waals surface area contributed by atoms with Crippen LogP contribution < -0.4 is 5.32 Å². The minimum Gasteiger partial charge on any atom is -0.394 e. The fourth-order valence-corrected chi connectivity index (χ4v) is 2.49. The van der Waals surface area contributed by atoms with Crippen molar-refractivity contribution in [3.8, 4) is 0 Å². The standard InChI is InChI=1S/C16H19N5O7/c1-10(7-19-8-13(6-17-19)21(27)28)16(24)18-14(9-22)15(23)11-2-4-12(5-3-11)20(25)26/h2-6,8,10,14-15,22-23H,7,9H2,1H3,(H,18,24). The third-order valence-electron chi connectivity index (χ3n) is 4.09. The number of rotatable bonds is 9. The molecule has 0 saturated carbocycles. The van der Waals surface area contributed by atoms with Gasteiger partial charge >= 0.3 is 5.69 Å². The topological polar surface area (TPSA) is 174 Å². The van der Waals surface area contributed by atoms with Crippen molar-refractivity contribution in [2.45, 2.75) is 25.6 Å². The van der Waals surface area contributed by atoms with Gasteiger partial charge in [-0.05, 0) is 17.7 Å². The molecular formula is C16H19N5O7. The first-order valence-electron chi connectivity index (χ1n) is 8.23. The van der Waals surface area contributed by atoms with Gasteiger partial charge in [0.15, 0.2) is 0 Å². The second-order valence-electron chi connectivity index (χ2n) is 6.17. The van der Waals surface area contributed by atoms with Gasteiger partial charge in [0.1, 0.15) is 18.5 Å². The minimum absolute atomic E-state index is 0.0610. The van der Waals surface area contributed by atoms with Crippen LogP contribution in [0.4, 0.5) is 11.4 Å². The number of aliphatic hydroxyl groups is 2. The molecule has 0 radical (unpaired) electrons. The van der Waals surface area contributed by atoms with Crippen LogP contribution in [0.15, 0.2) is 36.7 Å². The lowest BCUT2D eigenvalue weighted by Gasteiger charge is -2.24. The smallest absolute Gasteiger partial charge is 0.306 e. The monoisotopic (exact) mass is 393 g/mol. The van der Waals surface area contributed by atoms with Gasteiger partial charge in [-0.25, -0.2) is 0 Å². The van der Waals surface area contributed by atoms with E-state index in [1.54, 1.807) is 6.92 Å². The highest BCUT2D eigenvalue weighted by Gasteiger charge is 2.25. The number of non-ortho nitro benzene ring substituents is 1. The molecule has 1 aromatic heterocycles. The summed E-state index contributed by atoms with van der Waals surface area (Å²) in [6, 6.07) is 4.06. The molecule has 28 heavy (non-hydrogen) atoms. The molecule has 3 N–H and O–H groups in total. The maximum Gasteiger partial charge on any atom is 0.306 e. The largest absolute Gasteiger partial charge is 0.394 e. The highest BCUT2D eigenvalue weighted by Crippen LogP contribution is 2.21. The number of hydrogen-bond acceptors (Lipinski definition) is 8. The number of aromatic nitrogens is 2. The van der Waals surface area contributed by atoms with E-state index in [9.17, 15) is 35.2 Å². The van der Waals surface area contributed by atoms with Crippen molar-refractivity contribution < 1.29 is 24.9 Å².